The molecule has 0 aromatic rings. The van der Waals surface area contributed by atoms with Crippen LogP contribution in [0, 0.1) is 0 Å². The van der Waals surface area contributed by atoms with Gasteiger partial charge in [0, 0.05) is 31.8 Å². The highest BCUT2D eigenvalue weighted by Crippen LogP contribution is 2.17. The van der Waals surface area contributed by atoms with Crippen molar-refractivity contribution in [2.24, 2.45) is 0 Å². The van der Waals surface area contributed by atoms with E-state index in [-0.39, 0.29) is 0 Å². The second-order valence-corrected chi connectivity index (χ2v) is 5.88. The Bertz CT molecular complexity index is 214. The van der Waals surface area contributed by atoms with Crippen LogP contribution in [0.4, 0.5) is 0 Å². The molecule has 100 valence electrons. The van der Waals surface area contributed by atoms with Crippen molar-refractivity contribution in [3.05, 3.63) is 0 Å². The van der Waals surface area contributed by atoms with E-state index in [1.807, 2.05) is 0 Å². The van der Waals surface area contributed by atoms with Gasteiger partial charge in [-0.3, -0.25) is 0 Å². The number of rotatable bonds is 5. The zero-order valence-corrected chi connectivity index (χ0v) is 11.5. The van der Waals surface area contributed by atoms with Crippen molar-refractivity contribution < 1.29 is 4.74 Å². The number of ether oxygens (including phenoxy) is 1. The third-order valence-electron chi connectivity index (χ3n) is 3.87. The Morgan fingerprint density at radius 1 is 1.29 bits per heavy atom. The molecule has 1 N–H and O–H groups in total. The lowest BCUT2D eigenvalue weighted by atomic mass is 10.0. The first-order valence-electron chi connectivity index (χ1n) is 7.34. The van der Waals surface area contributed by atoms with Crippen molar-refractivity contribution in [1.29, 1.82) is 0 Å². The summed E-state index contributed by atoms with van der Waals surface area (Å²) in [4.78, 5) is 2.62. The zero-order valence-electron chi connectivity index (χ0n) is 11.5. The number of piperidine rings is 1. The van der Waals surface area contributed by atoms with Crippen LogP contribution in [0.1, 0.15) is 46.0 Å². The molecule has 0 amide bonds. The predicted octanol–water partition coefficient (Wildman–Crippen LogP) is 2.02. The highest BCUT2D eigenvalue weighted by molar-refractivity contribution is 4.80. The Labute approximate surface area is 106 Å². The van der Waals surface area contributed by atoms with Gasteiger partial charge in [-0.25, -0.2) is 0 Å². The van der Waals surface area contributed by atoms with Crippen LogP contribution in [0.15, 0.2) is 0 Å². The van der Waals surface area contributed by atoms with Crippen LogP contribution in [0.25, 0.3) is 0 Å². The third kappa shape index (κ3) is 4.57. The molecule has 0 saturated carbocycles. The average Bonchev–Trinajstić information content (AvgIpc) is 2.79. The van der Waals surface area contributed by atoms with Crippen molar-refractivity contribution in [1.82, 2.24) is 10.2 Å². The van der Waals surface area contributed by atoms with E-state index in [9.17, 15) is 0 Å². The normalized spacial score (nSPS) is 31.2. The highest BCUT2D eigenvalue weighted by atomic mass is 16.5. The van der Waals surface area contributed by atoms with Gasteiger partial charge in [0.1, 0.15) is 0 Å². The smallest absolute Gasteiger partial charge is 0.0588 e. The Morgan fingerprint density at radius 2 is 2.18 bits per heavy atom. The largest absolute Gasteiger partial charge is 0.378 e. The van der Waals surface area contributed by atoms with E-state index >= 15 is 0 Å². The third-order valence-corrected chi connectivity index (χ3v) is 3.87. The zero-order chi connectivity index (χ0) is 12.1. The number of hydrogen-bond donors (Lipinski definition) is 1. The molecule has 3 heteroatoms. The summed E-state index contributed by atoms with van der Waals surface area (Å²) in [5.74, 6) is 0. The van der Waals surface area contributed by atoms with E-state index in [4.69, 9.17) is 4.74 Å². The van der Waals surface area contributed by atoms with Gasteiger partial charge >= 0.3 is 0 Å². The summed E-state index contributed by atoms with van der Waals surface area (Å²) in [6, 6.07) is 1.31. The van der Waals surface area contributed by atoms with Crippen LogP contribution in [-0.4, -0.2) is 49.3 Å². The fourth-order valence-corrected chi connectivity index (χ4v) is 3.06. The summed E-state index contributed by atoms with van der Waals surface area (Å²) < 4.78 is 5.69. The molecule has 2 heterocycles. The quantitative estimate of drug-likeness (QED) is 0.795. The highest BCUT2D eigenvalue weighted by Gasteiger charge is 2.22. The van der Waals surface area contributed by atoms with Gasteiger partial charge in [-0.15, -0.1) is 0 Å². The Kier molecular flexibility index (Phi) is 5.26. The summed E-state index contributed by atoms with van der Waals surface area (Å²) in [6.07, 6.45) is 7.01. The summed E-state index contributed by atoms with van der Waals surface area (Å²) >= 11 is 0. The summed E-state index contributed by atoms with van der Waals surface area (Å²) in [7, 11) is 0. The standard InChI is InChI=1S/C14H28N2O/c1-12(2)15-13-5-3-8-16(11-13)9-7-14-6-4-10-17-14/h12-15H,3-11H2,1-2H3. The first kappa shape index (κ1) is 13.3. The van der Waals surface area contributed by atoms with Crippen molar-refractivity contribution in [3.63, 3.8) is 0 Å². The van der Waals surface area contributed by atoms with Gasteiger partial charge < -0.3 is 15.0 Å². The van der Waals surface area contributed by atoms with Crippen LogP contribution in [0.3, 0.4) is 0 Å². The van der Waals surface area contributed by atoms with E-state index in [0.29, 0.717) is 18.2 Å². The van der Waals surface area contributed by atoms with Gasteiger partial charge in [-0.05, 0) is 38.6 Å². The van der Waals surface area contributed by atoms with Crippen LogP contribution < -0.4 is 5.32 Å². The first-order valence-corrected chi connectivity index (χ1v) is 7.34. The predicted molar refractivity (Wildman–Crippen MR) is 71.3 cm³/mol. The molecular weight excluding hydrogens is 212 g/mol. The second-order valence-electron chi connectivity index (χ2n) is 5.88. The van der Waals surface area contributed by atoms with E-state index in [1.54, 1.807) is 0 Å². The second kappa shape index (κ2) is 6.72. The number of nitrogens with one attached hydrogen (secondary N) is 1. The lowest BCUT2D eigenvalue weighted by molar-refractivity contribution is 0.0852. The maximum Gasteiger partial charge on any atom is 0.0588 e. The Hall–Kier alpha value is -0.120. The van der Waals surface area contributed by atoms with Crippen LogP contribution in [-0.2, 0) is 4.74 Å². The molecule has 0 aromatic carbocycles. The lowest BCUT2D eigenvalue weighted by Gasteiger charge is -2.34. The molecule has 0 radical (unpaired) electrons. The van der Waals surface area contributed by atoms with Crippen molar-refractivity contribution >= 4 is 0 Å². The lowest BCUT2D eigenvalue weighted by Crippen LogP contribution is -2.48. The maximum absolute atomic E-state index is 5.69. The molecule has 2 fully saturated rings. The minimum atomic E-state index is 0.549. The fraction of sp³-hybridized carbons (Fsp3) is 1.00. The minimum absolute atomic E-state index is 0.549. The van der Waals surface area contributed by atoms with Crippen LogP contribution in [0.5, 0.6) is 0 Å². The summed E-state index contributed by atoms with van der Waals surface area (Å²) in [5, 5.41) is 3.67. The van der Waals surface area contributed by atoms with Gasteiger partial charge in [0.15, 0.2) is 0 Å². The molecule has 2 rings (SSSR count). The number of hydrogen-bond acceptors (Lipinski definition) is 3. The van der Waals surface area contributed by atoms with Crippen molar-refractivity contribution in [2.45, 2.75) is 64.1 Å². The number of nitrogens with zero attached hydrogens (tertiary/aromatic N) is 1. The molecule has 2 unspecified atom stereocenters. The fourth-order valence-electron chi connectivity index (χ4n) is 3.06. The molecule has 2 atom stereocenters. The van der Waals surface area contributed by atoms with Gasteiger partial charge in [0.2, 0.25) is 0 Å². The molecule has 0 aromatic heterocycles. The Balaban J connectivity index is 1.65. The topological polar surface area (TPSA) is 24.5 Å². The van der Waals surface area contributed by atoms with Crippen molar-refractivity contribution in [3.8, 4) is 0 Å². The Morgan fingerprint density at radius 3 is 2.88 bits per heavy atom. The molecule has 3 nitrogen and oxygen atoms in total. The minimum Gasteiger partial charge on any atom is -0.378 e. The SMILES string of the molecule is CC(C)NC1CCCN(CCC2CCCO2)C1. The van der Waals surface area contributed by atoms with Gasteiger partial charge in [0.05, 0.1) is 6.10 Å². The summed E-state index contributed by atoms with van der Waals surface area (Å²) in [5.41, 5.74) is 0. The molecule has 2 saturated heterocycles. The van der Waals surface area contributed by atoms with E-state index in [2.05, 4.69) is 24.1 Å². The summed E-state index contributed by atoms with van der Waals surface area (Å²) in [6.45, 7) is 9.20. The van der Waals surface area contributed by atoms with Gasteiger partial charge in [-0.1, -0.05) is 13.8 Å². The molecular formula is C14H28N2O. The van der Waals surface area contributed by atoms with Gasteiger partial charge in [-0.2, -0.15) is 0 Å². The maximum atomic E-state index is 5.69. The van der Waals surface area contributed by atoms with E-state index < -0.39 is 0 Å². The van der Waals surface area contributed by atoms with Crippen LogP contribution >= 0.6 is 0 Å². The molecule has 0 aliphatic carbocycles. The van der Waals surface area contributed by atoms with E-state index in [0.717, 1.165) is 6.61 Å². The van der Waals surface area contributed by atoms with Gasteiger partial charge in [0.25, 0.3) is 0 Å². The van der Waals surface area contributed by atoms with E-state index in [1.165, 1.54) is 51.7 Å². The number of likely N-dealkylation sites (tertiary alicyclic amines) is 1. The van der Waals surface area contributed by atoms with Crippen LogP contribution in [0.2, 0.25) is 0 Å². The molecule has 17 heavy (non-hydrogen) atoms. The molecule has 2 aliphatic rings. The monoisotopic (exact) mass is 240 g/mol. The molecule has 2 aliphatic heterocycles. The van der Waals surface area contributed by atoms with Crippen molar-refractivity contribution in [2.75, 3.05) is 26.2 Å². The first-order chi connectivity index (χ1) is 8.24. The molecule has 0 spiro atoms. The molecule has 0 bridgehead atoms. The average molecular weight is 240 g/mol.